The van der Waals surface area contributed by atoms with Crippen LogP contribution in [0.1, 0.15) is 11.1 Å². The third-order valence-electron chi connectivity index (χ3n) is 2.70. The van der Waals surface area contributed by atoms with Gasteiger partial charge in [0.1, 0.15) is 16.5 Å². The quantitative estimate of drug-likeness (QED) is 0.899. The van der Waals surface area contributed by atoms with Crippen LogP contribution in [0.3, 0.4) is 0 Å². The van der Waals surface area contributed by atoms with Crippen LogP contribution in [-0.2, 0) is 16.4 Å². The largest absolute Gasteiger partial charge is 0.506 e. The fraction of sp³-hybridized carbons (Fsp3) is 0.0769. The number of phenolic OH excluding ortho intramolecular Hbond substituents is 1. The van der Waals surface area contributed by atoms with E-state index in [-0.39, 0.29) is 22.9 Å². The van der Waals surface area contributed by atoms with E-state index in [9.17, 15) is 17.9 Å². The van der Waals surface area contributed by atoms with E-state index in [1.807, 2.05) is 0 Å². The summed E-state index contributed by atoms with van der Waals surface area (Å²) in [4.78, 5) is -0.313. The first kappa shape index (κ1) is 13.5. The van der Waals surface area contributed by atoms with Crippen molar-refractivity contribution in [1.82, 2.24) is 0 Å². The van der Waals surface area contributed by atoms with Gasteiger partial charge in [-0.05, 0) is 29.3 Å². The van der Waals surface area contributed by atoms with Crippen LogP contribution in [0.4, 0.5) is 4.39 Å². The van der Waals surface area contributed by atoms with E-state index in [1.54, 1.807) is 18.2 Å². The van der Waals surface area contributed by atoms with Gasteiger partial charge in [0.05, 0.1) is 0 Å². The third kappa shape index (κ3) is 3.10. The average Bonchev–Trinajstić information content (AvgIpc) is 2.33. The minimum Gasteiger partial charge on any atom is -0.506 e. The summed E-state index contributed by atoms with van der Waals surface area (Å²) >= 11 is 0. The molecule has 3 N–H and O–H groups in total. The Kier molecular flexibility index (Phi) is 3.55. The van der Waals surface area contributed by atoms with Gasteiger partial charge in [-0.1, -0.05) is 24.3 Å². The molecule has 0 spiro atoms. The van der Waals surface area contributed by atoms with Crippen LogP contribution in [0.2, 0.25) is 0 Å². The van der Waals surface area contributed by atoms with Gasteiger partial charge in [0.15, 0.2) is 0 Å². The first-order chi connectivity index (χ1) is 8.88. The molecule has 19 heavy (non-hydrogen) atoms. The van der Waals surface area contributed by atoms with E-state index in [2.05, 4.69) is 0 Å². The third-order valence-corrected chi connectivity index (χ3v) is 3.64. The van der Waals surface area contributed by atoms with Crippen molar-refractivity contribution in [3.63, 3.8) is 0 Å². The second-order valence-electron chi connectivity index (χ2n) is 4.11. The van der Waals surface area contributed by atoms with Crippen molar-refractivity contribution >= 4 is 10.0 Å². The zero-order chi connectivity index (χ0) is 14.0. The van der Waals surface area contributed by atoms with Gasteiger partial charge in [-0.3, -0.25) is 0 Å². The molecule has 0 radical (unpaired) electrons. The molecule has 0 aliphatic heterocycles. The Morgan fingerprint density at radius 1 is 1.11 bits per heavy atom. The molecule has 0 fully saturated rings. The molecule has 0 amide bonds. The van der Waals surface area contributed by atoms with Crippen LogP contribution in [-0.4, -0.2) is 13.5 Å². The molecule has 0 saturated heterocycles. The highest BCUT2D eigenvalue weighted by atomic mass is 32.2. The zero-order valence-corrected chi connectivity index (χ0v) is 10.7. The van der Waals surface area contributed by atoms with Gasteiger partial charge in [0, 0.05) is 6.42 Å². The number of sulfonamides is 1. The molecule has 2 aromatic rings. The standard InChI is InChI=1S/C13H12FNO3S/c14-11-6-4-9(5-7-11)8-10-2-1-3-12(13(10)16)19(15,17)18/h1-7,16H,8H2,(H2,15,17,18). The van der Waals surface area contributed by atoms with Crippen LogP contribution in [0.5, 0.6) is 5.75 Å². The number of primary sulfonamides is 1. The second-order valence-corrected chi connectivity index (χ2v) is 5.64. The van der Waals surface area contributed by atoms with Crippen LogP contribution in [0, 0.1) is 5.82 Å². The van der Waals surface area contributed by atoms with E-state index >= 15 is 0 Å². The van der Waals surface area contributed by atoms with Crippen molar-refractivity contribution in [1.29, 1.82) is 0 Å². The molecular weight excluding hydrogens is 269 g/mol. The predicted molar refractivity (Wildman–Crippen MR) is 68.7 cm³/mol. The van der Waals surface area contributed by atoms with Gasteiger partial charge >= 0.3 is 0 Å². The van der Waals surface area contributed by atoms with Crippen molar-refractivity contribution in [3.05, 3.63) is 59.4 Å². The maximum atomic E-state index is 12.8. The highest BCUT2D eigenvalue weighted by Crippen LogP contribution is 2.27. The first-order valence-corrected chi connectivity index (χ1v) is 7.00. The average molecular weight is 281 g/mol. The second kappa shape index (κ2) is 4.99. The summed E-state index contributed by atoms with van der Waals surface area (Å²) < 4.78 is 35.3. The van der Waals surface area contributed by atoms with Crippen molar-refractivity contribution in [2.75, 3.05) is 0 Å². The van der Waals surface area contributed by atoms with Crippen molar-refractivity contribution in [2.45, 2.75) is 11.3 Å². The van der Waals surface area contributed by atoms with Gasteiger partial charge in [0.25, 0.3) is 0 Å². The molecule has 2 aromatic carbocycles. The molecular formula is C13H12FNO3S. The highest BCUT2D eigenvalue weighted by Gasteiger charge is 2.16. The van der Waals surface area contributed by atoms with E-state index in [4.69, 9.17) is 5.14 Å². The van der Waals surface area contributed by atoms with Gasteiger partial charge in [0.2, 0.25) is 10.0 Å². The van der Waals surface area contributed by atoms with E-state index in [0.29, 0.717) is 5.56 Å². The summed E-state index contributed by atoms with van der Waals surface area (Å²) in [5.41, 5.74) is 1.17. The Bertz CT molecular complexity index is 696. The number of aromatic hydroxyl groups is 1. The fourth-order valence-electron chi connectivity index (χ4n) is 1.76. The van der Waals surface area contributed by atoms with Crippen molar-refractivity contribution < 1.29 is 17.9 Å². The van der Waals surface area contributed by atoms with E-state index in [1.165, 1.54) is 24.3 Å². The van der Waals surface area contributed by atoms with Gasteiger partial charge in [-0.15, -0.1) is 0 Å². The van der Waals surface area contributed by atoms with Gasteiger partial charge < -0.3 is 5.11 Å². The van der Waals surface area contributed by atoms with Crippen molar-refractivity contribution in [3.8, 4) is 5.75 Å². The fourth-order valence-corrected chi connectivity index (χ4v) is 2.43. The predicted octanol–water partition coefficient (Wildman–Crippen LogP) is 1.77. The molecule has 0 bridgehead atoms. The molecule has 0 atom stereocenters. The first-order valence-electron chi connectivity index (χ1n) is 5.46. The summed E-state index contributed by atoms with van der Waals surface area (Å²) in [6, 6.07) is 10.1. The van der Waals surface area contributed by atoms with E-state index < -0.39 is 10.0 Å². The molecule has 0 aliphatic rings. The minimum absolute atomic E-state index is 0.287. The molecule has 2 rings (SSSR count). The molecule has 0 aliphatic carbocycles. The van der Waals surface area contributed by atoms with Crippen LogP contribution in [0.15, 0.2) is 47.4 Å². The summed E-state index contributed by atoms with van der Waals surface area (Å²) in [6.07, 6.45) is 0.287. The molecule has 100 valence electrons. The van der Waals surface area contributed by atoms with Gasteiger partial charge in [-0.25, -0.2) is 17.9 Å². The molecule has 0 unspecified atom stereocenters. The Hall–Kier alpha value is -1.92. The Morgan fingerprint density at radius 2 is 1.74 bits per heavy atom. The number of nitrogens with two attached hydrogens (primary N) is 1. The minimum atomic E-state index is -3.96. The number of hydrogen-bond donors (Lipinski definition) is 2. The lowest BCUT2D eigenvalue weighted by Crippen LogP contribution is -2.12. The van der Waals surface area contributed by atoms with Crippen LogP contribution in [0.25, 0.3) is 0 Å². The Morgan fingerprint density at radius 3 is 2.32 bits per heavy atom. The number of rotatable bonds is 3. The maximum Gasteiger partial charge on any atom is 0.241 e. The van der Waals surface area contributed by atoms with Gasteiger partial charge in [-0.2, -0.15) is 0 Å². The number of phenols is 1. The molecule has 0 saturated carbocycles. The lowest BCUT2D eigenvalue weighted by molar-refractivity contribution is 0.453. The summed E-state index contributed by atoms with van der Waals surface area (Å²) in [6.45, 7) is 0. The van der Waals surface area contributed by atoms with Crippen molar-refractivity contribution in [2.24, 2.45) is 5.14 Å². The lowest BCUT2D eigenvalue weighted by atomic mass is 10.0. The normalized spacial score (nSPS) is 11.5. The lowest BCUT2D eigenvalue weighted by Gasteiger charge is -2.08. The van der Waals surface area contributed by atoms with Crippen LogP contribution < -0.4 is 5.14 Å². The topological polar surface area (TPSA) is 80.4 Å². The van der Waals surface area contributed by atoms with E-state index in [0.717, 1.165) is 5.56 Å². The molecule has 0 aromatic heterocycles. The monoisotopic (exact) mass is 281 g/mol. The molecule has 0 heterocycles. The summed E-state index contributed by atoms with van der Waals surface area (Å²) in [7, 11) is -3.96. The SMILES string of the molecule is NS(=O)(=O)c1cccc(Cc2ccc(F)cc2)c1O. The van der Waals surface area contributed by atoms with Crippen LogP contribution >= 0.6 is 0 Å². The Balaban J connectivity index is 2.39. The smallest absolute Gasteiger partial charge is 0.241 e. The highest BCUT2D eigenvalue weighted by molar-refractivity contribution is 7.89. The maximum absolute atomic E-state index is 12.8. The zero-order valence-electron chi connectivity index (χ0n) is 9.88. The molecule has 6 heteroatoms. The number of para-hydroxylation sites is 1. The number of hydrogen-bond acceptors (Lipinski definition) is 3. The summed E-state index contributed by atoms with van der Waals surface area (Å²) in [5.74, 6) is -0.722. The number of halogens is 1. The Labute approximate surface area is 110 Å². The molecule has 4 nitrogen and oxygen atoms in total. The summed E-state index contributed by atoms with van der Waals surface area (Å²) in [5, 5.41) is 14.9. The number of benzene rings is 2.